The highest BCUT2D eigenvalue weighted by Crippen LogP contribution is 2.21. The summed E-state index contributed by atoms with van der Waals surface area (Å²) < 4.78 is 28.6. The number of hydrogen-bond acceptors (Lipinski definition) is 6. The maximum absolute atomic E-state index is 11.9. The molecule has 22 heavy (non-hydrogen) atoms. The van der Waals surface area contributed by atoms with Gasteiger partial charge in [-0.1, -0.05) is 24.6 Å². The SMILES string of the molecule is O=C(OCCc1ccccc1[N+](=O)[O-])C1CCCCS1(=O)=O. The minimum absolute atomic E-state index is 0.0108. The summed E-state index contributed by atoms with van der Waals surface area (Å²) in [4.78, 5) is 22.3. The molecule has 0 saturated carbocycles. The Hall–Kier alpha value is -1.96. The molecular formula is C14H17NO6S. The lowest BCUT2D eigenvalue weighted by Crippen LogP contribution is -2.37. The first-order chi connectivity index (χ1) is 10.4. The molecule has 1 unspecified atom stereocenters. The van der Waals surface area contributed by atoms with Gasteiger partial charge in [-0.25, -0.2) is 8.42 Å². The quantitative estimate of drug-likeness (QED) is 0.463. The first-order valence-corrected chi connectivity index (χ1v) is 8.74. The van der Waals surface area contributed by atoms with Crippen LogP contribution in [0.5, 0.6) is 0 Å². The number of ether oxygens (including phenoxy) is 1. The van der Waals surface area contributed by atoms with Gasteiger partial charge in [-0.2, -0.15) is 0 Å². The lowest BCUT2D eigenvalue weighted by Gasteiger charge is -2.20. The van der Waals surface area contributed by atoms with E-state index in [9.17, 15) is 23.3 Å². The third kappa shape index (κ3) is 3.82. The van der Waals surface area contributed by atoms with Gasteiger partial charge in [0.25, 0.3) is 5.69 Å². The molecule has 120 valence electrons. The number of rotatable bonds is 5. The Kier molecular flexibility index (Phi) is 5.12. The molecule has 0 spiro atoms. The molecule has 0 N–H and O–H groups in total. The van der Waals surface area contributed by atoms with E-state index in [0.29, 0.717) is 18.4 Å². The third-order valence-corrected chi connectivity index (χ3v) is 5.80. The molecule has 8 heteroatoms. The summed E-state index contributed by atoms with van der Waals surface area (Å²) in [6.07, 6.45) is 1.72. The van der Waals surface area contributed by atoms with Gasteiger partial charge < -0.3 is 4.74 Å². The first kappa shape index (κ1) is 16.4. The van der Waals surface area contributed by atoms with Gasteiger partial charge >= 0.3 is 5.97 Å². The van der Waals surface area contributed by atoms with Crippen LogP contribution in [-0.4, -0.2) is 36.9 Å². The number of para-hydroxylation sites is 1. The van der Waals surface area contributed by atoms with Gasteiger partial charge in [-0.3, -0.25) is 14.9 Å². The maximum Gasteiger partial charge on any atom is 0.324 e. The monoisotopic (exact) mass is 327 g/mol. The fraction of sp³-hybridized carbons (Fsp3) is 0.500. The van der Waals surface area contributed by atoms with Crippen molar-refractivity contribution in [3.05, 3.63) is 39.9 Å². The van der Waals surface area contributed by atoms with Gasteiger partial charge in [0, 0.05) is 18.1 Å². The summed E-state index contributed by atoms with van der Waals surface area (Å²) >= 11 is 0. The van der Waals surface area contributed by atoms with Crippen LogP contribution in [0.3, 0.4) is 0 Å². The van der Waals surface area contributed by atoms with E-state index in [1.165, 1.54) is 6.07 Å². The molecule has 1 aromatic carbocycles. The van der Waals surface area contributed by atoms with E-state index < -0.39 is 26.0 Å². The molecule has 1 fully saturated rings. The molecule has 0 amide bonds. The number of sulfone groups is 1. The van der Waals surface area contributed by atoms with Crippen LogP contribution in [0.15, 0.2) is 24.3 Å². The highest BCUT2D eigenvalue weighted by Gasteiger charge is 2.36. The zero-order chi connectivity index (χ0) is 16.2. The lowest BCUT2D eigenvalue weighted by molar-refractivity contribution is -0.385. The minimum Gasteiger partial charge on any atom is -0.464 e. The molecule has 1 heterocycles. The summed E-state index contributed by atoms with van der Waals surface area (Å²) in [6.45, 7) is -0.0737. The number of hydrogen-bond donors (Lipinski definition) is 0. The summed E-state index contributed by atoms with van der Waals surface area (Å²) in [5, 5.41) is 9.78. The number of carbonyl (C=O) groups is 1. The Labute approximate surface area is 128 Å². The highest BCUT2D eigenvalue weighted by molar-refractivity contribution is 7.92. The largest absolute Gasteiger partial charge is 0.464 e. The molecule has 7 nitrogen and oxygen atoms in total. The number of carbonyl (C=O) groups excluding carboxylic acids is 1. The predicted molar refractivity (Wildman–Crippen MR) is 79.2 cm³/mol. The Balaban J connectivity index is 1.94. The van der Waals surface area contributed by atoms with Crippen LogP contribution < -0.4 is 0 Å². The number of nitrogens with zero attached hydrogens (tertiary/aromatic N) is 1. The van der Waals surface area contributed by atoms with Gasteiger partial charge in [0.2, 0.25) is 0 Å². The molecule has 0 bridgehead atoms. The average Bonchev–Trinajstić information content (AvgIpc) is 2.47. The first-order valence-electron chi connectivity index (χ1n) is 7.02. The second-order valence-corrected chi connectivity index (χ2v) is 7.46. The molecule has 0 radical (unpaired) electrons. The van der Waals surface area contributed by atoms with Gasteiger partial charge in [0.15, 0.2) is 15.1 Å². The number of nitro groups is 1. The van der Waals surface area contributed by atoms with Crippen LogP contribution in [0.25, 0.3) is 0 Å². The Morgan fingerprint density at radius 2 is 2.05 bits per heavy atom. The maximum atomic E-state index is 11.9. The van der Waals surface area contributed by atoms with Crippen molar-refractivity contribution in [3.63, 3.8) is 0 Å². The number of esters is 1. The van der Waals surface area contributed by atoms with Crippen LogP contribution in [0.1, 0.15) is 24.8 Å². The Morgan fingerprint density at radius 3 is 2.73 bits per heavy atom. The van der Waals surface area contributed by atoms with E-state index in [2.05, 4.69) is 0 Å². The molecule has 0 aromatic heterocycles. The molecule has 1 atom stereocenters. The van der Waals surface area contributed by atoms with Crippen molar-refractivity contribution in [3.8, 4) is 0 Å². The normalized spacial score (nSPS) is 20.3. The predicted octanol–water partition coefficient (Wildman–Crippen LogP) is 1.65. The molecule has 1 aliphatic rings. The van der Waals surface area contributed by atoms with Crippen LogP contribution in [0, 0.1) is 10.1 Å². The van der Waals surface area contributed by atoms with Crippen molar-refractivity contribution in [2.45, 2.75) is 30.9 Å². The summed E-state index contributed by atoms with van der Waals surface area (Å²) in [5.41, 5.74) is 0.413. The van der Waals surface area contributed by atoms with Crippen molar-refractivity contribution in [1.82, 2.24) is 0 Å². The summed E-state index contributed by atoms with van der Waals surface area (Å²) in [5.74, 6) is -0.741. The van der Waals surface area contributed by atoms with Crippen LogP contribution >= 0.6 is 0 Å². The van der Waals surface area contributed by atoms with Crippen LogP contribution in [0.4, 0.5) is 5.69 Å². The lowest BCUT2D eigenvalue weighted by atomic mass is 10.1. The molecule has 1 saturated heterocycles. The van der Waals surface area contributed by atoms with Crippen molar-refractivity contribution >= 4 is 21.5 Å². The zero-order valence-electron chi connectivity index (χ0n) is 11.9. The Morgan fingerprint density at radius 1 is 1.32 bits per heavy atom. The molecule has 2 rings (SSSR count). The average molecular weight is 327 g/mol. The fourth-order valence-electron chi connectivity index (χ4n) is 2.47. The van der Waals surface area contributed by atoms with E-state index in [4.69, 9.17) is 4.74 Å². The van der Waals surface area contributed by atoms with E-state index >= 15 is 0 Å². The van der Waals surface area contributed by atoms with Crippen molar-refractivity contribution in [1.29, 1.82) is 0 Å². The van der Waals surface area contributed by atoms with Crippen molar-refractivity contribution in [2.24, 2.45) is 0 Å². The van der Waals surface area contributed by atoms with Crippen LogP contribution in [0.2, 0.25) is 0 Å². The molecule has 0 aliphatic carbocycles. The van der Waals surface area contributed by atoms with Gasteiger partial charge in [0.1, 0.15) is 0 Å². The zero-order valence-corrected chi connectivity index (χ0v) is 12.8. The molecular weight excluding hydrogens is 310 g/mol. The highest BCUT2D eigenvalue weighted by atomic mass is 32.2. The molecule has 1 aliphatic heterocycles. The minimum atomic E-state index is -3.42. The van der Waals surface area contributed by atoms with Crippen molar-refractivity contribution in [2.75, 3.05) is 12.4 Å². The molecule has 1 aromatic rings. The van der Waals surface area contributed by atoms with E-state index in [0.717, 1.165) is 0 Å². The second kappa shape index (κ2) is 6.87. The third-order valence-electron chi connectivity index (χ3n) is 3.65. The van der Waals surface area contributed by atoms with Gasteiger partial charge in [-0.15, -0.1) is 0 Å². The topological polar surface area (TPSA) is 104 Å². The standard InChI is InChI=1S/C14H17NO6S/c16-14(13-7-3-4-10-22(13,19)20)21-9-8-11-5-1-2-6-12(11)15(17)18/h1-2,5-6,13H,3-4,7-10H2. The van der Waals surface area contributed by atoms with E-state index in [1.54, 1.807) is 18.2 Å². The van der Waals surface area contributed by atoms with Gasteiger partial charge in [0.05, 0.1) is 17.3 Å². The van der Waals surface area contributed by atoms with Crippen molar-refractivity contribution < 1.29 is 22.9 Å². The van der Waals surface area contributed by atoms with E-state index in [-0.39, 0.29) is 30.9 Å². The summed E-state index contributed by atoms with van der Waals surface area (Å²) in [6, 6.07) is 6.18. The second-order valence-electron chi connectivity index (χ2n) is 5.15. The fourth-order valence-corrected chi connectivity index (χ4v) is 4.25. The van der Waals surface area contributed by atoms with E-state index in [1.807, 2.05) is 0 Å². The smallest absolute Gasteiger partial charge is 0.324 e. The Bertz CT molecular complexity index is 670. The number of benzene rings is 1. The number of nitro benzene ring substituents is 1. The summed E-state index contributed by atoms with van der Waals surface area (Å²) in [7, 11) is -3.42. The van der Waals surface area contributed by atoms with Crippen LogP contribution in [-0.2, 0) is 25.8 Å². The van der Waals surface area contributed by atoms with Gasteiger partial charge in [-0.05, 0) is 12.8 Å².